The Morgan fingerprint density at radius 1 is 1.33 bits per heavy atom. The molecule has 1 heterocycles. The molecule has 1 aromatic carbocycles. The van der Waals surface area contributed by atoms with Gasteiger partial charge in [0.05, 0.1) is 6.54 Å². The zero-order valence-corrected chi connectivity index (χ0v) is 9.93. The van der Waals surface area contributed by atoms with Crippen molar-refractivity contribution in [3.05, 3.63) is 35.1 Å². The molecule has 1 aliphatic rings. The normalized spacial score (nSPS) is 18.4. The highest BCUT2D eigenvalue weighted by atomic mass is 19.2. The summed E-state index contributed by atoms with van der Waals surface area (Å²) in [6.07, 6.45) is 0.262. The topological polar surface area (TPSA) is 36.4 Å². The molecule has 2 N–H and O–H groups in total. The number of nitrogens with zero attached hydrogens (tertiary/aromatic N) is 1. The highest BCUT2D eigenvalue weighted by Crippen LogP contribution is 2.15. The molecule has 0 aliphatic carbocycles. The summed E-state index contributed by atoms with van der Waals surface area (Å²) in [4.78, 5) is 4.17. The SMILES string of the molecule is CC1CN=C(NCCc2ccc(F)c(F)c2F)N1. The van der Waals surface area contributed by atoms with E-state index in [1.807, 2.05) is 6.92 Å². The minimum atomic E-state index is -1.42. The fourth-order valence-electron chi connectivity index (χ4n) is 1.73. The van der Waals surface area contributed by atoms with E-state index < -0.39 is 17.5 Å². The van der Waals surface area contributed by atoms with Crippen LogP contribution >= 0.6 is 0 Å². The molecule has 6 heteroatoms. The van der Waals surface area contributed by atoms with Crippen LogP contribution in [-0.2, 0) is 6.42 Å². The van der Waals surface area contributed by atoms with Gasteiger partial charge in [0.15, 0.2) is 23.4 Å². The summed E-state index contributed by atoms with van der Waals surface area (Å²) in [5, 5.41) is 6.06. The molecule has 0 saturated carbocycles. The van der Waals surface area contributed by atoms with Crippen molar-refractivity contribution in [1.82, 2.24) is 10.6 Å². The van der Waals surface area contributed by atoms with Gasteiger partial charge in [0.2, 0.25) is 0 Å². The first-order valence-corrected chi connectivity index (χ1v) is 5.75. The average Bonchev–Trinajstić information content (AvgIpc) is 2.75. The van der Waals surface area contributed by atoms with Crippen molar-refractivity contribution in [2.45, 2.75) is 19.4 Å². The third kappa shape index (κ3) is 2.75. The summed E-state index contributed by atoms with van der Waals surface area (Å²) in [5.74, 6) is -3.05. The number of guanidine groups is 1. The van der Waals surface area contributed by atoms with Crippen molar-refractivity contribution in [3.8, 4) is 0 Å². The number of nitrogens with one attached hydrogen (secondary N) is 2. The largest absolute Gasteiger partial charge is 0.356 e. The number of hydrogen-bond donors (Lipinski definition) is 2. The van der Waals surface area contributed by atoms with Crippen LogP contribution in [-0.4, -0.2) is 25.1 Å². The third-order valence-corrected chi connectivity index (χ3v) is 2.71. The first kappa shape index (κ1) is 12.7. The number of hydrogen-bond acceptors (Lipinski definition) is 3. The van der Waals surface area contributed by atoms with Gasteiger partial charge in [0.25, 0.3) is 0 Å². The smallest absolute Gasteiger partial charge is 0.194 e. The number of benzene rings is 1. The summed E-state index contributed by atoms with van der Waals surface area (Å²) in [5.41, 5.74) is 0.146. The number of halogens is 3. The Morgan fingerprint density at radius 3 is 2.78 bits per heavy atom. The summed E-state index contributed by atoms with van der Waals surface area (Å²) in [7, 11) is 0. The minimum Gasteiger partial charge on any atom is -0.356 e. The first-order valence-electron chi connectivity index (χ1n) is 5.75. The molecule has 0 saturated heterocycles. The van der Waals surface area contributed by atoms with E-state index >= 15 is 0 Å². The fourth-order valence-corrected chi connectivity index (χ4v) is 1.73. The predicted octanol–water partition coefficient (Wildman–Crippen LogP) is 1.58. The van der Waals surface area contributed by atoms with E-state index in [1.165, 1.54) is 6.07 Å². The lowest BCUT2D eigenvalue weighted by Gasteiger charge is -2.09. The van der Waals surface area contributed by atoms with Crippen molar-refractivity contribution in [1.29, 1.82) is 0 Å². The lowest BCUT2D eigenvalue weighted by molar-refractivity contribution is 0.440. The van der Waals surface area contributed by atoms with Gasteiger partial charge in [-0.05, 0) is 25.0 Å². The van der Waals surface area contributed by atoms with E-state index in [0.717, 1.165) is 6.07 Å². The van der Waals surface area contributed by atoms with Crippen LogP contribution in [0.15, 0.2) is 17.1 Å². The molecule has 0 aromatic heterocycles. The van der Waals surface area contributed by atoms with Crippen LogP contribution in [0.1, 0.15) is 12.5 Å². The lowest BCUT2D eigenvalue weighted by Crippen LogP contribution is -2.38. The monoisotopic (exact) mass is 257 g/mol. The van der Waals surface area contributed by atoms with Gasteiger partial charge < -0.3 is 10.6 Å². The predicted molar refractivity (Wildman–Crippen MR) is 62.9 cm³/mol. The molecule has 1 unspecified atom stereocenters. The molecule has 1 atom stereocenters. The summed E-state index contributed by atoms with van der Waals surface area (Å²) in [6.45, 7) is 3.09. The third-order valence-electron chi connectivity index (χ3n) is 2.71. The van der Waals surface area contributed by atoms with Crippen LogP contribution in [0, 0.1) is 17.5 Å². The van der Waals surface area contributed by atoms with Gasteiger partial charge in [0, 0.05) is 12.6 Å². The van der Waals surface area contributed by atoms with Crippen molar-refractivity contribution in [3.63, 3.8) is 0 Å². The Hall–Kier alpha value is -1.72. The van der Waals surface area contributed by atoms with Crippen LogP contribution in [0.2, 0.25) is 0 Å². The molecule has 3 nitrogen and oxygen atoms in total. The molecule has 18 heavy (non-hydrogen) atoms. The van der Waals surface area contributed by atoms with E-state index in [0.29, 0.717) is 19.0 Å². The Labute approximate surface area is 103 Å². The van der Waals surface area contributed by atoms with Crippen LogP contribution in [0.5, 0.6) is 0 Å². The van der Waals surface area contributed by atoms with Gasteiger partial charge in [-0.15, -0.1) is 0 Å². The first-order chi connectivity index (χ1) is 8.58. The molecule has 0 bridgehead atoms. The zero-order chi connectivity index (χ0) is 13.1. The van der Waals surface area contributed by atoms with Crippen molar-refractivity contribution in [2.75, 3.05) is 13.1 Å². The van der Waals surface area contributed by atoms with Crippen LogP contribution in [0.3, 0.4) is 0 Å². The van der Waals surface area contributed by atoms with Gasteiger partial charge in [0.1, 0.15) is 0 Å². The molecule has 0 radical (unpaired) electrons. The summed E-state index contributed by atoms with van der Waals surface area (Å²) >= 11 is 0. The van der Waals surface area contributed by atoms with E-state index in [4.69, 9.17) is 0 Å². The van der Waals surface area contributed by atoms with E-state index in [-0.39, 0.29) is 18.0 Å². The van der Waals surface area contributed by atoms with Crippen LogP contribution in [0.25, 0.3) is 0 Å². The van der Waals surface area contributed by atoms with Crippen molar-refractivity contribution in [2.24, 2.45) is 4.99 Å². The Balaban J connectivity index is 1.89. The Morgan fingerprint density at radius 2 is 2.11 bits per heavy atom. The van der Waals surface area contributed by atoms with E-state index in [9.17, 15) is 13.2 Å². The van der Waals surface area contributed by atoms with Crippen molar-refractivity contribution >= 4 is 5.96 Å². The van der Waals surface area contributed by atoms with Gasteiger partial charge in [-0.3, -0.25) is 4.99 Å². The quantitative estimate of drug-likeness (QED) is 0.807. The molecule has 2 rings (SSSR count). The summed E-state index contributed by atoms with van der Waals surface area (Å²) in [6, 6.07) is 2.47. The lowest BCUT2D eigenvalue weighted by atomic mass is 10.1. The highest BCUT2D eigenvalue weighted by molar-refractivity contribution is 5.81. The van der Waals surface area contributed by atoms with E-state index in [1.54, 1.807) is 0 Å². The minimum absolute atomic E-state index is 0.146. The Bertz CT molecular complexity index is 474. The highest BCUT2D eigenvalue weighted by Gasteiger charge is 2.14. The maximum absolute atomic E-state index is 13.3. The second-order valence-corrected chi connectivity index (χ2v) is 4.25. The molecular weight excluding hydrogens is 243 g/mol. The number of aliphatic imine (C=N–C) groups is 1. The molecule has 1 aromatic rings. The molecule has 98 valence electrons. The van der Waals surface area contributed by atoms with Gasteiger partial charge in [-0.1, -0.05) is 6.07 Å². The molecule has 1 aliphatic heterocycles. The fraction of sp³-hybridized carbons (Fsp3) is 0.417. The molecule has 0 fully saturated rings. The second kappa shape index (κ2) is 5.29. The van der Waals surface area contributed by atoms with Crippen molar-refractivity contribution < 1.29 is 13.2 Å². The standard InChI is InChI=1S/C12H14F3N3/c1-7-6-17-12(18-7)16-5-4-8-2-3-9(13)11(15)10(8)14/h2-3,7H,4-6H2,1H3,(H2,16,17,18). The molecule has 0 amide bonds. The molecular formula is C12H14F3N3. The number of rotatable bonds is 3. The maximum Gasteiger partial charge on any atom is 0.194 e. The summed E-state index contributed by atoms with van der Waals surface area (Å²) < 4.78 is 39.0. The second-order valence-electron chi connectivity index (χ2n) is 4.25. The van der Waals surface area contributed by atoms with Gasteiger partial charge in [-0.25, -0.2) is 13.2 Å². The Kier molecular flexibility index (Phi) is 3.74. The molecule has 0 spiro atoms. The van der Waals surface area contributed by atoms with Gasteiger partial charge in [-0.2, -0.15) is 0 Å². The average molecular weight is 257 g/mol. The maximum atomic E-state index is 13.3. The van der Waals surface area contributed by atoms with Gasteiger partial charge >= 0.3 is 0 Å². The van der Waals surface area contributed by atoms with Crippen LogP contribution in [0.4, 0.5) is 13.2 Å². The zero-order valence-electron chi connectivity index (χ0n) is 9.93. The van der Waals surface area contributed by atoms with Crippen LogP contribution < -0.4 is 10.6 Å². The van der Waals surface area contributed by atoms with E-state index in [2.05, 4.69) is 15.6 Å².